The third-order valence-corrected chi connectivity index (χ3v) is 4.15. The Morgan fingerprint density at radius 1 is 1.00 bits per heavy atom. The molecule has 24 heavy (non-hydrogen) atoms. The van der Waals surface area contributed by atoms with Gasteiger partial charge in [0.2, 0.25) is 5.91 Å². The van der Waals surface area contributed by atoms with Gasteiger partial charge in [-0.25, -0.2) is 4.39 Å². The molecular formula is C19H22FN3O. The molecule has 1 saturated heterocycles. The first-order chi connectivity index (χ1) is 11.7. The smallest absolute Gasteiger partial charge is 0.238 e. The SMILES string of the molecule is O=C(CNCc1ccc(F)cc1)Nc1ccc(N2CCCC2)cc1. The number of hydrogen-bond donors (Lipinski definition) is 2. The Labute approximate surface area is 141 Å². The number of nitrogens with one attached hydrogen (secondary N) is 2. The fraction of sp³-hybridized carbons (Fsp3) is 0.316. The second-order valence-corrected chi connectivity index (χ2v) is 6.02. The highest BCUT2D eigenvalue weighted by molar-refractivity contribution is 5.92. The minimum Gasteiger partial charge on any atom is -0.372 e. The van der Waals surface area contributed by atoms with Gasteiger partial charge in [-0.1, -0.05) is 12.1 Å². The van der Waals surface area contributed by atoms with Crippen molar-refractivity contribution in [3.8, 4) is 0 Å². The maximum absolute atomic E-state index is 12.8. The van der Waals surface area contributed by atoms with Crippen LogP contribution in [0.4, 0.5) is 15.8 Å². The molecule has 5 heteroatoms. The van der Waals surface area contributed by atoms with E-state index in [0.717, 1.165) is 24.3 Å². The van der Waals surface area contributed by atoms with Crippen LogP contribution in [0.15, 0.2) is 48.5 Å². The van der Waals surface area contributed by atoms with Crippen molar-refractivity contribution >= 4 is 17.3 Å². The Morgan fingerprint density at radius 2 is 1.67 bits per heavy atom. The molecule has 0 saturated carbocycles. The molecule has 2 aromatic rings. The first-order valence-corrected chi connectivity index (χ1v) is 8.31. The summed E-state index contributed by atoms with van der Waals surface area (Å²) in [5.74, 6) is -0.347. The maximum Gasteiger partial charge on any atom is 0.238 e. The van der Waals surface area contributed by atoms with Gasteiger partial charge in [0.1, 0.15) is 5.82 Å². The van der Waals surface area contributed by atoms with E-state index in [2.05, 4.69) is 15.5 Å². The maximum atomic E-state index is 12.8. The van der Waals surface area contributed by atoms with Crippen molar-refractivity contribution < 1.29 is 9.18 Å². The highest BCUT2D eigenvalue weighted by Crippen LogP contribution is 2.21. The van der Waals surface area contributed by atoms with Crippen LogP contribution in [-0.4, -0.2) is 25.5 Å². The van der Waals surface area contributed by atoms with E-state index in [-0.39, 0.29) is 18.3 Å². The van der Waals surface area contributed by atoms with Crippen molar-refractivity contribution in [1.82, 2.24) is 5.32 Å². The minimum absolute atomic E-state index is 0.0916. The predicted molar refractivity (Wildman–Crippen MR) is 94.6 cm³/mol. The molecule has 4 nitrogen and oxygen atoms in total. The lowest BCUT2D eigenvalue weighted by Gasteiger charge is -2.17. The highest BCUT2D eigenvalue weighted by atomic mass is 19.1. The largest absolute Gasteiger partial charge is 0.372 e. The third kappa shape index (κ3) is 4.55. The number of halogens is 1. The van der Waals surface area contributed by atoms with Crippen molar-refractivity contribution in [3.63, 3.8) is 0 Å². The summed E-state index contributed by atoms with van der Waals surface area (Å²) in [7, 11) is 0. The Balaban J connectivity index is 1.43. The van der Waals surface area contributed by atoms with Gasteiger partial charge in [0.15, 0.2) is 0 Å². The second-order valence-electron chi connectivity index (χ2n) is 6.02. The Bertz CT molecular complexity index is 664. The van der Waals surface area contributed by atoms with Crippen molar-refractivity contribution in [3.05, 3.63) is 59.9 Å². The van der Waals surface area contributed by atoms with Gasteiger partial charge in [-0.05, 0) is 54.8 Å². The van der Waals surface area contributed by atoms with Crippen LogP contribution in [0.5, 0.6) is 0 Å². The summed E-state index contributed by atoms with van der Waals surface area (Å²) in [6, 6.07) is 14.2. The van der Waals surface area contributed by atoms with Crippen LogP contribution in [0, 0.1) is 5.82 Å². The number of amides is 1. The van der Waals surface area contributed by atoms with E-state index in [1.807, 2.05) is 24.3 Å². The van der Waals surface area contributed by atoms with Crippen molar-refractivity contribution in [2.45, 2.75) is 19.4 Å². The van der Waals surface area contributed by atoms with E-state index in [1.54, 1.807) is 12.1 Å². The first kappa shape index (κ1) is 16.5. The molecule has 1 heterocycles. The average Bonchev–Trinajstić information content (AvgIpc) is 3.12. The third-order valence-electron chi connectivity index (χ3n) is 4.15. The van der Waals surface area contributed by atoms with E-state index >= 15 is 0 Å². The Kier molecular flexibility index (Phi) is 5.43. The van der Waals surface area contributed by atoms with Crippen LogP contribution >= 0.6 is 0 Å². The standard InChI is InChI=1S/C19H22FN3O/c20-16-5-3-15(4-6-16)13-21-14-19(24)22-17-7-9-18(10-8-17)23-11-1-2-12-23/h3-10,21H,1-2,11-14H2,(H,22,24). The summed E-state index contributed by atoms with van der Waals surface area (Å²) in [6.07, 6.45) is 2.50. The number of rotatable bonds is 6. The van der Waals surface area contributed by atoms with Crippen LogP contribution in [0.25, 0.3) is 0 Å². The van der Waals surface area contributed by atoms with Crippen molar-refractivity contribution in [2.24, 2.45) is 0 Å². The van der Waals surface area contributed by atoms with Gasteiger partial charge in [-0.2, -0.15) is 0 Å². The summed E-state index contributed by atoms with van der Waals surface area (Å²) in [5.41, 5.74) is 2.95. The van der Waals surface area contributed by atoms with Crippen LogP contribution < -0.4 is 15.5 Å². The number of carbonyl (C=O) groups is 1. The number of nitrogens with zero attached hydrogens (tertiary/aromatic N) is 1. The molecule has 0 atom stereocenters. The van der Waals surface area contributed by atoms with Crippen LogP contribution in [0.2, 0.25) is 0 Å². The summed E-state index contributed by atoms with van der Waals surface area (Å²) in [4.78, 5) is 14.3. The van der Waals surface area contributed by atoms with E-state index in [1.165, 1.54) is 30.7 Å². The molecule has 0 spiro atoms. The van der Waals surface area contributed by atoms with E-state index in [4.69, 9.17) is 0 Å². The van der Waals surface area contributed by atoms with Crippen molar-refractivity contribution in [2.75, 3.05) is 29.9 Å². The number of hydrogen-bond acceptors (Lipinski definition) is 3. The molecule has 0 aromatic heterocycles. The van der Waals surface area contributed by atoms with E-state index in [0.29, 0.717) is 6.54 Å². The molecular weight excluding hydrogens is 305 g/mol. The van der Waals surface area contributed by atoms with Gasteiger partial charge >= 0.3 is 0 Å². The van der Waals surface area contributed by atoms with E-state index < -0.39 is 0 Å². The Morgan fingerprint density at radius 3 is 2.33 bits per heavy atom. The molecule has 2 aromatic carbocycles. The molecule has 126 valence electrons. The van der Waals surface area contributed by atoms with Gasteiger partial charge in [0.05, 0.1) is 6.54 Å². The summed E-state index contributed by atoms with van der Waals surface area (Å²) in [5, 5.41) is 5.93. The normalized spacial score (nSPS) is 14.0. The van der Waals surface area contributed by atoms with Gasteiger partial charge in [-0.3, -0.25) is 4.79 Å². The topological polar surface area (TPSA) is 44.4 Å². The fourth-order valence-electron chi connectivity index (χ4n) is 2.86. The monoisotopic (exact) mass is 327 g/mol. The summed E-state index contributed by atoms with van der Waals surface area (Å²) >= 11 is 0. The van der Waals surface area contributed by atoms with E-state index in [9.17, 15) is 9.18 Å². The number of carbonyl (C=O) groups excluding carboxylic acids is 1. The van der Waals surface area contributed by atoms with Crippen LogP contribution in [-0.2, 0) is 11.3 Å². The molecule has 0 aliphatic carbocycles. The van der Waals surface area contributed by atoms with Gasteiger partial charge in [0.25, 0.3) is 0 Å². The highest BCUT2D eigenvalue weighted by Gasteiger charge is 2.12. The summed E-state index contributed by atoms with van der Waals surface area (Å²) < 4.78 is 12.8. The van der Waals surface area contributed by atoms with Crippen LogP contribution in [0.3, 0.4) is 0 Å². The lowest BCUT2D eigenvalue weighted by molar-refractivity contribution is -0.115. The lowest BCUT2D eigenvalue weighted by Crippen LogP contribution is -2.27. The molecule has 0 bridgehead atoms. The Hall–Kier alpha value is -2.40. The molecule has 1 aliphatic heterocycles. The molecule has 1 fully saturated rings. The molecule has 3 rings (SSSR count). The zero-order valence-electron chi connectivity index (χ0n) is 13.6. The second kappa shape index (κ2) is 7.93. The number of benzene rings is 2. The molecule has 0 unspecified atom stereocenters. The molecule has 1 aliphatic rings. The molecule has 0 radical (unpaired) electrons. The van der Waals surface area contributed by atoms with Gasteiger partial charge < -0.3 is 15.5 Å². The molecule has 2 N–H and O–H groups in total. The first-order valence-electron chi connectivity index (χ1n) is 8.31. The average molecular weight is 327 g/mol. The zero-order chi connectivity index (χ0) is 16.8. The fourth-order valence-corrected chi connectivity index (χ4v) is 2.86. The predicted octanol–water partition coefficient (Wildman–Crippen LogP) is 3.15. The molecule has 1 amide bonds. The van der Waals surface area contributed by atoms with Gasteiger partial charge in [-0.15, -0.1) is 0 Å². The van der Waals surface area contributed by atoms with Gasteiger partial charge in [0, 0.05) is 31.0 Å². The number of anilines is 2. The van der Waals surface area contributed by atoms with Crippen molar-refractivity contribution in [1.29, 1.82) is 0 Å². The van der Waals surface area contributed by atoms with Crippen LogP contribution in [0.1, 0.15) is 18.4 Å². The lowest BCUT2D eigenvalue weighted by atomic mass is 10.2. The minimum atomic E-state index is -0.256. The zero-order valence-corrected chi connectivity index (χ0v) is 13.6. The quantitative estimate of drug-likeness (QED) is 0.857. The summed E-state index contributed by atoms with van der Waals surface area (Å²) in [6.45, 7) is 2.96.